The molecule has 2 aromatic heterocycles. The van der Waals surface area contributed by atoms with Crippen LogP contribution in [0.5, 0.6) is 5.88 Å². The number of ether oxygens (including phenoxy) is 1. The van der Waals surface area contributed by atoms with Crippen LogP contribution in [0.3, 0.4) is 0 Å². The molecule has 1 aromatic carbocycles. The van der Waals surface area contributed by atoms with Crippen LogP contribution in [0.4, 0.5) is 0 Å². The lowest BCUT2D eigenvalue weighted by atomic mass is 10.0. The predicted molar refractivity (Wildman–Crippen MR) is 79.0 cm³/mol. The average Bonchev–Trinajstić information content (AvgIpc) is 3.08. The average molecular weight is 298 g/mol. The maximum absolute atomic E-state index is 11.7. The molecule has 0 saturated heterocycles. The molecule has 0 unspecified atom stereocenters. The fourth-order valence-corrected chi connectivity index (χ4v) is 2.89. The summed E-state index contributed by atoms with van der Waals surface area (Å²) in [6, 6.07) is 5.69. The van der Waals surface area contributed by atoms with Crippen molar-refractivity contribution in [3.8, 4) is 17.1 Å². The van der Waals surface area contributed by atoms with Gasteiger partial charge in [0.2, 0.25) is 5.88 Å². The zero-order valence-electron chi connectivity index (χ0n) is 12.0. The fraction of sp³-hybridized carbons (Fsp3) is 0.267. The van der Waals surface area contributed by atoms with Crippen molar-refractivity contribution < 1.29 is 14.6 Å². The van der Waals surface area contributed by atoms with Crippen LogP contribution < -0.4 is 4.74 Å². The predicted octanol–water partition coefficient (Wildman–Crippen LogP) is 1.92. The molecule has 0 saturated carbocycles. The standard InChI is InChI=1S/C15H14N4O3/c1-18-11-5-2-4-9(10(11)8-16-18)13-12(15(20)21)14-19(17-13)6-3-7-22-14/h2,4-5,8H,3,6-7H2,1H3,(H,20,21). The number of nitrogens with zero attached hydrogens (tertiary/aromatic N) is 4. The Hall–Kier alpha value is -2.83. The number of rotatable bonds is 2. The Kier molecular flexibility index (Phi) is 2.69. The van der Waals surface area contributed by atoms with Gasteiger partial charge in [-0.1, -0.05) is 12.1 Å². The number of hydrogen-bond donors (Lipinski definition) is 1. The molecule has 7 nitrogen and oxygen atoms in total. The Balaban J connectivity index is 2.02. The Morgan fingerprint density at radius 3 is 3.09 bits per heavy atom. The molecular weight excluding hydrogens is 284 g/mol. The van der Waals surface area contributed by atoms with Gasteiger partial charge in [-0.15, -0.1) is 0 Å². The Bertz CT molecular complexity index is 894. The molecule has 7 heteroatoms. The van der Waals surface area contributed by atoms with E-state index in [-0.39, 0.29) is 5.56 Å². The van der Waals surface area contributed by atoms with Crippen LogP contribution in [0.15, 0.2) is 24.4 Å². The minimum Gasteiger partial charge on any atom is -0.477 e. The molecule has 22 heavy (non-hydrogen) atoms. The normalized spacial score (nSPS) is 13.9. The summed E-state index contributed by atoms with van der Waals surface area (Å²) in [5.41, 5.74) is 2.24. The van der Waals surface area contributed by atoms with Gasteiger partial charge < -0.3 is 9.84 Å². The number of aryl methyl sites for hydroxylation is 2. The summed E-state index contributed by atoms with van der Waals surface area (Å²) in [5, 5.41) is 19.2. The van der Waals surface area contributed by atoms with E-state index >= 15 is 0 Å². The molecule has 0 bridgehead atoms. The molecule has 1 aliphatic rings. The number of carbonyl (C=O) groups is 1. The highest BCUT2D eigenvalue weighted by atomic mass is 16.5. The minimum absolute atomic E-state index is 0.121. The van der Waals surface area contributed by atoms with Gasteiger partial charge in [-0.3, -0.25) is 4.68 Å². The zero-order chi connectivity index (χ0) is 15.3. The first-order valence-corrected chi connectivity index (χ1v) is 7.05. The molecule has 3 aromatic rings. The number of carboxylic acids is 1. The summed E-state index contributed by atoms with van der Waals surface area (Å²) in [7, 11) is 1.85. The maximum atomic E-state index is 11.7. The van der Waals surface area contributed by atoms with E-state index in [0.29, 0.717) is 24.7 Å². The lowest BCUT2D eigenvalue weighted by Crippen LogP contribution is -2.16. The van der Waals surface area contributed by atoms with E-state index in [9.17, 15) is 9.90 Å². The van der Waals surface area contributed by atoms with Crippen LogP contribution in [0, 0.1) is 0 Å². The lowest BCUT2D eigenvalue weighted by Gasteiger charge is -2.14. The van der Waals surface area contributed by atoms with Gasteiger partial charge in [0.25, 0.3) is 0 Å². The van der Waals surface area contributed by atoms with Crippen molar-refractivity contribution in [3.05, 3.63) is 30.0 Å². The van der Waals surface area contributed by atoms with E-state index in [1.54, 1.807) is 15.6 Å². The third-order valence-electron chi connectivity index (χ3n) is 3.92. The summed E-state index contributed by atoms with van der Waals surface area (Å²) in [6.07, 6.45) is 2.56. The highest BCUT2D eigenvalue weighted by Gasteiger charge is 2.28. The molecule has 0 radical (unpaired) electrons. The van der Waals surface area contributed by atoms with Crippen LogP contribution in [-0.2, 0) is 13.6 Å². The number of carboxylic acid groups (broad SMARTS) is 1. The molecule has 3 heterocycles. The highest BCUT2D eigenvalue weighted by molar-refractivity contribution is 6.03. The van der Waals surface area contributed by atoms with Crippen molar-refractivity contribution >= 4 is 16.9 Å². The number of hydrogen-bond acceptors (Lipinski definition) is 4. The topological polar surface area (TPSA) is 82.2 Å². The fourth-order valence-electron chi connectivity index (χ4n) is 2.89. The van der Waals surface area contributed by atoms with Gasteiger partial charge in [-0.2, -0.15) is 10.2 Å². The summed E-state index contributed by atoms with van der Waals surface area (Å²) in [6.45, 7) is 1.18. The highest BCUT2D eigenvalue weighted by Crippen LogP contribution is 2.35. The quantitative estimate of drug-likeness (QED) is 0.781. The Morgan fingerprint density at radius 2 is 2.27 bits per heavy atom. The van der Waals surface area contributed by atoms with E-state index in [1.807, 2.05) is 25.2 Å². The van der Waals surface area contributed by atoms with Gasteiger partial charge in [0.15, 0.2) is 0 Å². The van der Waals surface area contributed by atoms with E-state index in [1.165, 1.54) is 0 Å². The molecule has 0 atom stereocenters. The van der Waals surface area contributed by atoms with Gasteiger partial charge >= 0.3 is 5.97 Å². The summed E-state index contributed by atoms with van der Waals surface area (Å²) >= 11 is 0. The summed E-state index contributed by atoms with van der Waals surface area (Å²) in [4.78, 5) is 11.7. The molecule has 1 N–H and O–H groups in total. The molecule has 4 rings (SSSR count). The first-order chi connectivity index (χ1) is 10.7. The van der Waals surface area contributed by atoms with Gasteiger partial charge in [-0.05, 0) is 6.07 Å². The lowest BCUT2D eigenvalue weighted by molar-refractivity contribution is 0.0690. The largest absolute Gasteiger partial charge is 0.477 e. The Labute approximate surface area is 125 Å². The van der Waals surface area contributed by atoms with Gasteiger partial charge in [0.05, 0.1) is 18.3 Å². The summed E-state index contributed by atoms with van der Waals surface area (Å²) < 4.78 is 8.93. The molecule has 0 spiro atoms. The van der Waals surface area contributed by atoms with Crippen LogP contribution in [-0.4, -0.2) is 37.2 Å². The second-order valence-corrected chi connectivity index (χ2v) is 5.27. The SMILES string of the molecule is Cn1ncc2c(-c3nn4c(c3C(=O)O)OCCC4)cccc21. The minimum atomic E-state index is -1.03. The molecule has 0 fully saturated rings. The third kappa shape index (κ3) is 1.71. The van der Waals surface area contributed by atoms with E-state index < -0.39 is 5.97 Å². The van der Waals surface area contributed by atoms with Crippen LogP contribution >= 0.6 is 0 Å². The van der Waals surface area contributed by atoms with Crippen molar-refractivity contribution in [1.82, 2.24) is 19.6 Å². The molecule has 1 aliphatic heterocycles. The van der Waals surface area contributed by atoms with Crippen molar-refractivity contribution in [2.45, 2.75) is 13.0 Å². The smallest absolute Gasteiger partial charge is 0.343 e. The number of benzene rings is 1. The third-order valence-corrected chi connectivity index (χ3v) is 3.92. The number of fused-ring (bicyclic) bond motifs is 2. The molecular formula is C15H14N4O3. The first kappa shape index (κ1) is 12.9. The van der Waals surface area contributed by atoms with Crippen LogP contribution in [0.25, 0.3) is 22.2 Å². The second-order valence-electron chi connectivity index (χ2n) is 5.27. The van der Waals surface area contributed by atoms with Crippen LogP contribution in [0.1, 0.15) is 16.8 Å². The molecule has 0 aliphatic carbocycles. The van der Waals surface area contributed by atoms with Gasteiger partial charge in [0.1, 0.15) is 11.3 Å². The van der Waals surface area contributed by atoms with Crippen molar-refractivity contribution in [1.29, 1.82) is 0 Å². The van der Waals surface area contributed by atoms with E-state index in [4.69, 9.17) is 4.74 Å². The summed E-state index contributed by atoms with van der Waals surface area (Å²) in [5.74, 6) is -0.686. The molecule has 0 amide bonds. The first-order valence-electron chi connectivity index (χ1n) is 7.05. The van der Waals surface area contributed by atoms with Gasteiger partial charge in [-0.25, -0.2) is 9.48 Å². The van der Waals surface area contributed by atoms with E-state index in [0.717, 1.165) is 22.9 Å². The van der Waals surface area contributed by atoms with Gasteiger partial charge in [0, 0.05) is 31.0 Å². The Morgan fingerprint density at radius 1 is 1.41 bits per heavy atom. The van der Waals surface area contributed by atoms with Crippen molar-refractivity contribution in [2.75, 3.05) is 6.61 Å². The van der Waals surface area contributed by atoms with E-state index in [2.05, 4.69) is 10.2 Å². The number of aromatic nitrogens is 4. The second kappa shape index (κ2) is 4.59. The number of aromatic carboxylic acids is 1. The van der Waals surface area contributed by atoms with Crippen molar-refractivity contribution in [3.63, 3.8) is 0 Å². The maximum Gasteiger partial charge on any atom is 0.343 e. The zero-order valence-corrected chi connectivity index (χ0v) is 12.0. The molecule has 112 valence electrons. The van der Waals surface area contributed by atoms with Crippen molar-refractivity contribution in [2.24, 2.45) is 7.05 Å². The monoisotopic (exact) mass is 298 g/mol. The van der Waals surface area contributed by atoms with Crippen LogP contribution in [0.2, 0.25) is 0 Å².